The van der Waals surface area contributed by atoms with E-state index in [4.69, 9.17) is 23.2 Å². The minimum atomic E-state index is -0.547. The van der Waals surface area contributed by atoms with Gasteiger partial charge in [-0.05, 0) is 31.0 Å². The van der Waals surface area contributed by atoms with Crippen molar-refractivity contribution in [2.75, 3.05) is 18.9 Å². The van der Waals surface area contributed by atoms with Crippen molar-refractivity contribution in [2.45, 2.75) is 24.9 Å². The lowest BCUT2D eigenvalue weighted by Gasteiger charge is -2.24. The third-order valence-corrected chi connectivity index (χ3v) is 4.84. The van der Waals surface area contributed by atoms with E-state index in [0.29, 0.717) is 21.8 Å². The van der Waals surface area contributed by atoms with Gasteiger partial charge in [0.25, 0.3) is 11.8 Å². The van der Waals surface area contributed by atoms with Crippen LogP contribution in [0.4, 0.5) is 5.69 Å². The van der Waals surface area contributed by atoms with Crippen LogP contribution < -0.4 is 15.5 Å². The van der Waals surface area contributed by atoms with E-state index in [2.05, 4.69) is 10.6 Å². The van der Waals surface area contributed by atoms with Crippen LogP contribution in [0.3, 0.4) is 0 Å². The molecule has 3 rings (SSSR count). The maximum absolute atomic E-state index is 13.0. The van der Waals surface area contributed by atoms with Crippen LogP contribution in [-0.2, 0) is 9.59 Å². The quantitative estimate of drug-likeness (QED) is 0.661. The van der Waals surface area contributed by atoms with Gasteiger partial charge in [0.05, 0.1) is 7.05 Å². The molecule has 0 saturated heterocycles. The second-order valence-electron chi connectivity index (χ2n) is 6.86. The molecule has 3 N–H and O–H groups in total. The molecular formula is C20H22Cl2N3O2+. The smallest absolute Gasteiger partial charge is 0.287 e. The number of rotatable bonds is 7. The third kappa shape index (κ3) is 5.70. The van der Waals surface area contributed by atoms with Gasteiger partial charge in [-0.15, -0.1) is 0 Å². The molecule has 1 fully saturated rings. The first-order valence-electron chi connectivity index (χ1n) is 8.86. The highest BCUT2D eigenvalue weighted by atomic mass is 35.5. The molecule has 1 saturated carbocycles. The predicted octanol–water partition coefficient (Wildman–Crippen LogP) is 2.47. The van der Waals surface area contributed by atoms with Crippen molar-refractivity contribution in [1.82, 2.24) is 5.32 Å². The van der Waals surface area contributed by atoms with Crippen LogP contribution in [0.15, 0.2) is 48.5 Å². The van der Waals surface area contributed by atoms with E-state index in [9.17, 15) is 9.59 Å². The highest BCUT2D eigenvalue weighted by Gasteiger charge is 2.32. The Bertz CT molecular complexity index is 805. The van der Waals surface area contributed by atoms with Gasteiger partial charge in [0, 0.05) is 27.3 Å². The van der Waals surface area contributed by atoms with E-state index in [1.165, 1.54) is 0 Å². The van der Waals surface area contributed by atoms with E-state index in [1.54, 1.807) is 18.2 Å². The zero-order chi connectivity index (χ0) is 19.4. The lowest BCUT2D eigenvalue weighted by atomic mass is 10.0. The highest BCUT2D eigenvalue weighted by Crippen LogP contribution is 2.23. The van der Waals surface area contributed by atoms with Crippen molar-refractivity contribution < 1.29 is 14.5 Å². The van der Waals surface area contributed by atoms with Crippen molar-refractivity contribution in [2.24, 2.45) is 0 Å². The van der Waals surface area contributed by atoms with Crippen LogP contribution in [0.5, 0.6) is 0 Å². The maximum atomic E-state index is 13.0. The SMILES string of the molecule is C[NH+](CC(=O)NC1CC1)[C@H](C(=O)Nc1cc(Cl)cc(Cl)c1)c1ccccc1. The van der Waals surface area contributed by atoms with Crippen molar-refractivity contribution >= 4 is 40.7 Å². The number of carbonyl (C=O) groups excluding carboxylic acids is 2. The third-order valence-electron chi connectivity index (χ3n) is 4.40. The number of anilines is 1. The molecule has 27 heavy (non-hydrogen) atoms. The molecule has 5 nitrogen and oxygen atoms in total. The average molecular weight is 407 g/mol. The number of hydrogen-bond acceptors (Lipinski definition) is 2. The van der Waals surface area contributed by atoms with Gasteiger partial charge in [-0.3, -0.25) is 9.59 Å². The molecule has 1 unspecified atom stereocenters. The fourth-order valence-corrected chi connectivity index (χ4v) is 3.53. The van der Waals surface area contributed by atoms with E-state index >= 15 is 0 Å². The van der Waals surface area contributed by atoms with Gasteiger partial charge in [-0.1, -0.05) is 53.5 Å². The first kappa shape index (κ1) is 19.7. The predicted molar refractivity (Wildman–Crippen MR) is 107 cm³/mol. The Balaban J connectivity index is 1.78. The number of amides is 2. The topological polar surface area (TPSA) is 62.6 Å². The Morgan fingerprint density at radius 1 is 1.11 bits per heavy atom. The van der Waals surface area contributed by atoms with Crippen molar-refractivity contribution in [1.29, 1.82) is 0 Å². The number of carbonyl (C=O) groups is 2. The fraction of sp³-hybridized carbons (Fsp3) is 0.300. The van der Waals surface area contributed by atoms with Gasteiger partial charge >= 0.3 is 0 Å². The van der Waals surface area contributed by atoms with E-state index in [1.807, 2.05) is 37.4 Å². The van der Waals surface area contributed by atoms with E-state index in [0.717, 1.165) is 23.3 Å². The summed E-state index contributed by atoms with van der Waals surface area (Å²) in [5, 5.41) is 6.72. The Hall–Kier alpha value is -2.08. The van der Waals surface area contributed by atoms with Crippen molar-refractivity contribution in [3.05, 3.63) is 64.1 Å². The zero-order valence-corrected chi connectivity index (χ0v) is 16.5. The molecule has 7 heteroatoms. The summed E-state index contributed by atoms with van der Waals surface area (Å²) in [6.07, 6.45) is 2.06. The molecule has 2 aromatic rings. The number of likely N-dealkylation sites (N-methyl/N-ethyl adjacent to an activating group) is 1. The van der Waals surface area contributed by atoms with Crippen molar-refractivity contribution in [3.8, 4) is 0 Å². The van der Waals surface area contributed by atoms with Gasteiger partial charge < -0.3 is 15.5 Å². The number of halogens is 2. The molecule has 0 spiro atoms. The molecule has 2 amide bonds. The molecule has 142 valence electrons. The standard InChI is InChI=1S/C20H21Cl2N3O2/c1-25(12-18(26)23-16-7-8-16)19(13-5-3-2-4-6-13)20(27)24-17-10-14(21)9-15(22)11-17/h2-6,9-11,16,19H,7-8,12H2,1H3,(H,23,26)(H,24,27)/p+1/t19-/m0/s1. The summed E-state index contributed by atoms with van der Waals surface area (Å²) in [5.74, 6) is -0.272. The number of hydrogen-bond donors (Lipinski definition) is 3. The molecule has 1 aliphatic carbocycles. The highest BCUT2D eigenvalue weighted by molar-refractivity contribution is 6.35. The molecule has 2 atom stereocenters. The molecular weight excluding hydrogens is 385 g/mol. The lowest BCUT2D eigenvalue weighted by Crippen LogP contribution is -3.11. The van der Waals surface area contributed by atoms with Gasteiger partial charge in [-0.25, -0.2) is 0 Å². The Morgan fingerprint density at radius 3 is 2.33 bits per heavy atom. The fourth-order valence-electron chi connectivity index (χ4n) is 3.01. The minimum absolute atomic E-state index is 0.0467. The van der Waals surface area contributed by atoms with Gasteiger partial charge in [0.1, 0.15) is 0 Å². The second kappa shape index (κ2) is 8.74. The Labute approximate surface area is 168 Å². The Morgan fingerprint density at radius 2 is 1.74 bits per heavy atom. The molecule has 0 heterocycles. The first-order chi connectivity index (χ1) is 12.9. The van der Waals surface area contributed by atoms with Crippen LogP contribution in [0.1, 0.15) is 24.4 Å². The van der Waals surface area contributed by atoms with Crippen LogP contribution in [-0.4, -0.2) is 31.4 Å². The molecule has 1 aliphatic rings. The van der Waals surface area contributed by atoms with Gasteiger partial charge in [0.15, 0.2) is 12.6 Å². The van der Waals surface area contributed by atoms with Gasteiger partial charge in [0.2, 0.25) is 0 Å². The summed E-state index contributed by atoms with van der Waals surface area (Å²) >= 11 is 12.0. The number of quaternary nitrogens is 1. The van der Waals surface area contributed by atoms with Gasteiger partial charge in [-0.2, -0.15) is 0 Å². The van der Waals surface area contributed by atoms with E-state index < -0.39 is 6.04 Å². The van der Waals surface area contributed by atoms with E-state index in [-0.39, 0.29) is 18.4 Å². The maximum Gasteiger partial charge on any atom is 0.287 e. The minimum Gasteiger partial charge on any atom is -0.348 e. The lowest BCUT2D eigenvalue weighted by molar-refractivity contribution is -0.894. The monoisotopic (exact) mass is 406 g/mol. The summed E-state index contributed by atoms with van der Waals surface area (Å²) in [7, 11) is 1.84. The normalized spacial score (nSPS) is 15.7. The summed E-state index contributed by atoms with van der Waals surface area (Å²) in [6.45, 7) is 0.208. The van der Waals surface area contributed by atoms with Crippen LogP contribution in [0.2, 0.25) is 10.0 Å². The molecule has 0 aromatic heterocycles. The van der Waals surface area contributed by atoms with Crippen LogP contribution >= 0.6 is 23.2 Å². The molecule has 0 bridgehead atoms. The average Bonchev–Trinajstić information content (AvgIpc) is 3.38. The van der Waals surface area contributed by atoms with Crippen LogP contribution in [0.25, 0.3) is 0 Å². The second-order valence-corrected chi connectivity index (χ2v) is 7.73. The van der Waals surface area contributed by atoms with Crippen molar-refractivity contribution in [3.63, 3.8) is 0 Å². The number of nitrogens with one attached hydrogen (secondary N) is 3. The molecule has 2 aromatic carbocycles. The first-order valence-corrected chi connectivity index (χ1v) is 9.61. The molecule has 0 aliphatic heterocycles. The summed E-state index contributed by atoms with van der Waals surface area (Å²) < 4.78 is 0. The zero-order valence-electron chi connectivity index (χ0n) is 15.0. The molecule has 0 radical (unpaired) electrons. The summed E-state index contributed by atoms with van der Waals surface area (Å²) in [6, 6.07) is 14.1. The largest absolute Gasteiger partial charge is 0.348 e. The summed E-state index contributed by atoms with van der Waals surface area (Å²) in [4.78, 5) is 26.0. The number of benzene rings is 2. The van der Waals surface area contributed by atoms with Crippen LogP contribution in [0, 0.1) is 0 Å². The summed E-state index contributed by atoms with van der Waals surface area (Å²) in [5.41, 5.74) is 1.36. The Kier molecular flexibility index (Phi) is 6.37.